The zero-order valence-corrected chi connectivity index (χ0v) is 26.6. The van der Waals surface area contributed by atoms with Crippen LogP contribution in [0.2, 0.25) is 0 Å². The number of pyridine rings is 3. The summed E-state index contributed by atoms with van der Waals surface area (Å²) in [5.41, 5.74) is 9.62. The Labute approximate surface area is 268 Å². The molecule has 10 nitrogen and oxygen atoms in total. The molecule has 2 fully saturated rings. The second-order valence-corrected chi connectivity index (χ2v) is 12.8. The predicted octanol–water partition coefficient (Wildman–Crippen LogP) is 5.14. The van der Waals surface area contributed by atoms with Gasteiger partial charge in [-0.05, 0) is 68.9 Å². The van der Waals surface area contributed by atoms with Crippen molar-refractivity contribution in [2.24, 2.45) is 0 Å². The van der Waals surface area contributed by atoms with Crippen molar-refractivity contribution in [1.82, 2.24) is 19.4 Å². The number of nitrogens with zero attached hydrogens (tertiary/aromatic N) is 6. The number of ether oxygens (including phenoxy) is 2. The molecule has 0 bridgehead atoms. The minimum atomic E-state index is -0.388. The quantitative estimate of drug-likeness (QED) is 0.285. The van der Waals surface area contributed by atoms with Crippen LogP contribution in [0.25, 0.3) is 10.9 Å². The molecule has 2 saturated heterocycles. The molecule has 7 rings (SSSR count). The van der Waals surface area contributed by atoms with Crippen LogP contribution in [0.1, 0.15) is 56.2 Å². The highest BCUT2D eigenvalue weighted by Crippen LogP contribution is 2.42. The van der Waals surface area contributed by atoms with Crippen molar-refractivity contribution in [3.8, 4) is 11.6 Å². The summed E-state index contributed by atoms with van der Waals surface area (Å²) in [6, 6.07) is 9.36. The summed E-state index contributed by atoms with van der Waals surface area (Å²) in [6.07, 6.45) is 10.7. The van der Waals surface area contributed by atoms with Crippen molar-refractivity contribution in [2.75, 3.05) is 55.4 Å². The van der Waals surface area contributed by atoms with Gasteiger partial charge in [0, 0.05) is 69.3 Å². The molecular formula is C35H42FN7O3. The second-order valence-electron chi connectivity index (χ2n) is 12.8. The first kappa shape index (κ1) is 30.3. The number of hydrogen-bond donors (Lipinski definition) is 1. The first-order valence-electron chi connectivity index (χ1n) is 16.4. The van der Waals surface area contributed by atoms with Gasteiger partial charge in [0.15, 0.2) is 17.0 Å². The van der Waals surface area contributed by atoms with E-state index in [0.717, 1.165) is 69.5 Å². The third-order valence-electron chi connectivity index (χ3n) is 9.70. The van der Waals surface area contributed by atoms with Crippen molar-refractivity contribution in [3.05, 3.63) is 76.1 Å². The average Bonchev–Trinajstić information content (AvgIpc) is 3.08. The Morgan fingerprint density at radius 2 is 1.89 bits per heavy atom. The Kier molecular flexibility index (Phi) is 8.42. The molecule has 11 heteroatoms. The lowest BCUT2D eigenvalue weighted by Crippen LogP contribution is -2.48. The van der Waals surface area contributed by atoms with Crippen molar-refractivity contribution in [2.45, 2.75) is 64.2 Å². The molecule has 2 N–H and O–H groups in total. The number of methoxy groups -OCH3 is 1. The summed E-state index contributed by atoms with van der Waals surface area (Å²) < 4.78 is 29.7. The van der Waals surface area contributed by atoms with Gasteiger partial charge in [-0.25, -0.2) is 14.4 Å². The van der Waals surface area contributed by atoms with E-state index < -0.39 is 0 Å². The Bertz CT molecular complexity index is 1770. The topological polar surface area (TPSA) is 102 Å². The molecule has 4 aromatic rings. The molecule has 3 aromatic heterocycles. The van der Waals surface area contributed by atoms with Crippen LogP contribution in [-0.2, 0) is 13.1 Å². The minimum Gasteiger partial charge on any atom is -0.487 e. The number of rotatable bonds is 8. The van der Waals surface area contributed by atoms with E-state index >= 15 is 4.39 Å². The van der Waals surface area contributed by atoms with E-state index in [4.69, 9.17) is 15.2 Å². The van der Waals surface area contributed by atoms with Gasteiger partial charge in [-0.3, -0.25) is 9.69 Å². The standard InChI is InChI=1S/C35H42FN7O3/c1-23-22-46-35-32-28(16-29(36)33(35)40-12-4-3-5-13-40)34(44)25(20-43(23)32)19-42(18-24-10-11-38-31(15-24)45-2)27-7-6-14-41(21-27)26-8-9-30(37)39-17-26/h8-11,15-17,20,23,27H,3-7,12-14,18-19,21-22H2,1-2H3,(H2,37,39)/t23?,27-/m0/s1. The molecular weight excluding hydrogens is 585 g/mol. The van der Waals surface area contributed by atoms with E-state index in [2.05, 4.69) is 36.2 Å². The average molecular weight is 628 g/mol. The second kappa shape index (κ2) is 12.8. The Morgan fingerprint density at radius 3 is 2.67 bits per heavy atom. The number of hydrogen-bond acceptors (Lipinski definition) is 9. The Balaban J connectivity index is 1.28. The van der Waals surface area contributed by atoms with E-state index in [-0.39, 0.29) is 23.3 Å². The van der Waals surface area contributed by atoms with Gasteiger partial charge >= 0.3 is 0 Å². The lowest BCUT2D eigenvalue weighted by atomic mass is 10.0. The van der Waals surface area contributed by atoms with E-state index in [9.17, 15) is 4.79 Å². The highest BCUT2D eigenvalue weighted by atomic mass is 19.1. The molecule has 242 valence electrons. The van der Waals surface area contributed by atoms with Gasteiger partial charge in [0.25, 0.3) is 0 Å². The maximum absolute atomic E-state index is 15.9. The monoisotopic (exact) mass is 627 g/mol. The van der Waals surface area contributed by atoms with Crippen molar-refractivity contribution in [1.29, 1.82) is 0 Å². The molecule has 0 radical (unpaired) electrons. The highest BCUT2D eigenvalue weighted by Gasteiger charge is 2.31. The van der Waals surface area contributed by atoms with E-state index in [1.165, 1.54) is 6.07 Å². The number of halogens is 1. The summed E-state index contributed by atoms with van der Waals surface area (Å²) in [5.74, 6) is 1.15. The molecule has 1 aromatic carbocycles. The van der Waals surface area contributed by atoms with Crippen LogP contribution >= 0.6 is 0 Å². The number of nitrogen functional groups attached to an aromatic ring is 1. The van der Waals surface area contributed by atoms with Crippen LogP contribution in [0.15, 0.2) is 53.7 Å². The first-order valence-corrected chi connectivity index (χ1v) is 16.4. The number of benzene rings is 1. The van der Waals surface area contributed by atoms with Crippen molar-refractivity contribution < 1.29 is 13.9 Å². The zero-order chi connectivity index (χ0) is 31.8. The maximum atomic E-state index is 15.9. The molecule has 3 aliphatic heterocycles. The normalized spacial score (nSPS) is 19.8. The van der Waals surface area contributed by atoms with Crippen LogP contribution in [0.5, 0.6) is 11.6 Å². The smallest absolute Gasteiger partial charge is 0.213 e. The summed E-state index contributed by atoms with van der Waals surface area (Å²) in [7, 11) is 1.61. The summed E-state index contributed by atoms with van der Waals surface area (Å²) in [5, 5.41) is 0.376. The molecule has 2 atom stereocenters. The van der Waals surface area contributed by atoms with Gasteiger partial charge in [0.1, 0.15) is 18.1 Å². The number of aromatic nitrogens is 3. The fourth-order valence-electron chi connectivity index (χ4n) is 7.29. The van der Waals surface area contributed by atoms with Gasteiger partial charge in [-0.15, -0.1) is 0 Å². The van der Waals surface area contributed by atoms with E-state index in [1.807, 2.05) is 36.7 Å². The molecule has 0 saturated carbocycles. The lowest BCUT2D eigenvalue weighted by molar-refractivity contribution is 0.157. The Hall–Kier alpha value is -4.38. The lowest BCUT2D eigenvalue weighted by Gasteiger charge is -2.40. The van der Waals surface area contributed by atoms with Crippen LogP contribution in [-0.4, -0.2) is 65.4 Å². The van der Waals surface area contributed by atoms with Gasteiger partial charge in [0.2, 0.25) is 5.88 Å². The van der Waals surface area contributed by atoms with Crippen molar-refractivity contribution >= 4 is 28.1 Å². The Morgan fingerprint density at radius 1 is 1.07 bits per heavy atom. The molecule has 0 amide bonds. The van der Waals surface area contributed by atoms with Crippen molar-refractivity contribution in [3.63, 3.8) is 0 Å². The van der Waals surface area contributed by atoms with Gasteiger partial charge in [0.05, 0.1) is 35.9 Å². The fraction of sp³-hybridized carbons (Fsp3) is 0.457. The molecule has 3 aliphatic rings. The SMILES string of the molecule is COc1cc(CN(Cc2cn3c4c(c(N5CCCCC5)c(F)cc4c2=O)OCC3C)[C@H]2CCCN(c3ccc(N)nc3)C2)ccn1. The molecule has 46 heavy (non-hydrogen) atoms. The predicted molar refractivity (Wildman–Crippen MR) is 178 cm³/mol. The summed E-state index contributed by atoms with van der Waals surface area (Å²) in [4.78, 5) is 29.7. The minimum absolute atomic E-state index is 0.00452. The van der Waals surface area contributed by atoms with Gasteiger partial charge < -0.3 is 29.6 Å². The maximum Gasteiger partial charge on any atom is 0.213 e. The molecule has 1 unspecified atom stereocenters. The third kappa shape index (κ3) is 5.84. The molecule has 0 aliphatic carbocycles. The fourth-order valence-corrected chi connectivity index (χ4v) is 7.29. The summed E-state index contributed by atoms with van der Waals surface area (Å²) >= 11 is 0. The van der Waals surface area contributed by atoms with Crippen LogP contribution < -0.4 is 30.4 Å². The van der Waals surface area contributed by atoms with Crippen LogP contribution in [0.3, 0.4) is 0 Å². The zero-order valence-electron chi connectivity index (χ0n) is 26.6. The number of piperidine rings is 2. The van der Waals surface area contributed by atoms with Gasteiger partial charge in [-0.1, -0.05) is 0 Å². The molecule has 0 spiro atoms. The largest absolute Gasteiger partial charge is 0.487 e. The van der Waals surface area contributed by atoms with Crippen LogP contribution in [0.4, 0.5) is 21.6 Å². The first-order chi connectivity index (χ1) is 22.4. The van der Waals surface area contributed by atoms with Gasteiger partial charge in [-0.2, -0.15) is 0 Å². The number of nitrogens with two attached hydrogens (primary N) is 1. The van der Waals surface area contributed by atoms with E-state index in [0.29, 0.717) is 59.3 Å². The number of anilines is 3. The van der Waals surface area contributed by atoms with E-state index in [1.54, 1.807) is 13.3 Å². The third-order valence-corrected chi connectivity index (χ3v) is 9.70. The highest BCUT2D eigenvalue weighted by molar-refractivity contribution is 5.92. The summed E-state index contributed by atoms with van der Waals surface area (Å²) in [6.45, 7) is 6.78. The van der Waals surface area contributed by atoms with Crippen LogP contribution in [0, 0.1) is 5.82 Å². The molecule has 6 heterocycles.